The van der Waals surface area contributed by atoms with E-state index in [0.29, 0.717) is 40.8 Å². The van der Waals surface area contributed by atoms with E-state index in [1.54, 1.807) is 20.3 Å². The predicted molar refractivity (Wildman–Crippen MR) is 129 cm³/mol. The van der Waals surface area contributed by atoms with Crippen molar-refractivity contribution in [2.24, 2.45) is 0 Å². The van der Waals surface area contributed by atoms with Gasteiger partial charge in [0.2, 0.25) is 0 Å². The molecule has 0 amide bonds. The molecular weight excluding hydrogens is 412 g/mol. The van der Waals surface area contributed by atoms with Crippen molar-refractivity contribution in [3.63, 3.8) is 0 Å². The Balaban J connectivity index is 1.90. The highest BCUT2D eigenvalue weighted by Crippen LogP contribution is 2.31. The van der Waals surface area contributed by atoms with Crippen molar-refractivity contribution in [3.8, 4) is 11.5 Å². The van der Waals surface area contributed by atoms with Gasteiger partial charge < -0.3 is 29.6 Å². The summed E-state index contributed by atoms with van der Waals surface area (Å²) in [5, 5.41) is 4.70. The molecule has 1 heterocycles. The van der Waals surface area contributed by atoms with Crippen molar-refractivity contribution in [3.05, 3.63) is 64.4 Å². The van der Waals surface area contributed by atoms with E-state index in [1.807, 2.05) is 61.5 Å². The van der Waals surface area contributed by atoms with Crippen LogP contribution in [0.25, 0.3) is 10.9 Å². The van der Waals surface area contributed by atoms with Gasteiger partial charge in [0.15, 0.2) is 16.6 Å². The van der Waals surface area contributed by atoms with Crippen LogP contribution in [-0.4, -0.2) is 61.3 Å². The highest BCUT2D eigenvalue weighted by molar-refractivity contribution is 7.80. The second-order valence-corrected chi connectivity index (χ2v) is 7.83. The number of rotatable bonds is 8. The molecule has 0 spiro atoms. The van der Waals surface area contributed by atoms with Crippen LogP contribution in [0.15, 0.2) is 53.3 Å². The first-order valence-electron chi connectivity index (χ1n) is 9.95. The molecular formula is C23H28N4O3S. The molecule has 0 saturated carbocycles. The van der Waals surface area contributed by atoms with Gasteiger partial charge in [0.1, 0.15) is 0 Å². The third kappa shape index (κ3) is 5.74. The molecule has 2 aromatic carbocycles. The van der Waals surface area contributed by atoms with Gasteiger partial charge in [-0.2, -0.15) is 0 Å². The highest BCUT2D eigenvalue weighted by atomic mass is 32.1. The van der Waals surface area contributed by atoms with Crippen LogP contribution in [-0.2, 0) is 6.54 Å². The van der Waals surface area contributed by atoms with Gasteiger partial charge in [0.05, 0.1) is 26.3 Å². The number of nitrogens with zero attached hydrogens (tertiary/aromatic N) is 2. The van der Waals surface area contributed by atoms with Crippen molar-refractivity contribution < 1.29 is 9.47 Å². The van der Waals surface area contributed by atoms with Gasteiger partial charge in [-0.15, -0.1) is 0 Å². The maximum atomic E-state index is 12.8. The smallest absolute Gasteiger partial charge is 0.253 e. The number of hydrogen-bond donors (Lipinski definition) is 2. The van der Waals surface area contributed by atoms with Gasteiger partial charge >= 0.3 is 0 Å². The van der Waals surface area contributed by atoms with E-state index in [0.717, 1.165) is 17.6 Å². The first-order valence-corrected chi connectivity index (χ1v) is 10.4. The molecule has 3 aromatic rings. The van der Waals surface area contributed by atoms with Crippen LogP contribution < -0.4 is 20.3 Å². The molecule has 1 aromatic heterocycles. The number of para-hydroxylation sites is 1. The van der Waals surface area contributed by atoms with Crippen LogP contribution in [0.5, 0.6) is 11.5 Å². The Bertz CT molecular complexity index is 1100. The second kappa shape index (κ2) is 10.3. The van der Waals surface area contributed by atoms with E-state index in [2.05, 4.69) is 15.2 Å². The lowest BCUT2D eigenvalue weighted by Gasteiger charge is -2.27. The van der Waals surface area contributed by atoms with Gasteiger partial charge in [-0.1, -0.05) is 18.2 Å². The summed E-state index contributed by atoms with van der Waals surface area (Å²) in [5.41, 5.74) is 2.07. The number of pyridine rings is 1. The molecule has 8 heteroatoms. The van der Waals surface area contributed by atoms with Crippen LogP contribution in [0.3, 0.4) is 0 Å². The second-order valence-electron chi connectivity index (χ2n) is 7.44. The van der Waals surface area contributed by atoms with E-state index >= 15 is 0 Å². The monoisotopic (exact) mass is 440 g/mol. The zero-order valence-electron chi connectivity index (χ0n) is 18.3. The standard InChI is InChI=1S/C23H28N4O3S/c1-26(2)10-11-27(23(31)24-18-8-6-5-7-9-18)15-17-12-16-13-20(29-3)21(30-4)14-19(16)25-22(17)28/h5-9,12-14H,10-11,15H2,1-4H3,(H,24,31)(H,25,28). The summed E-state index contributed by atoms with van der Waals surface area (Å²) in [6, 6.07) is 15.3. The first-order chi connectivity index (χ1) is 14.9. The number of aromatic nitrogens is 1. The van der Waals surface area contributed by atoms with Crippen LogP contribution >= 0.6 is 12.2 Å². The summed E-state index contributed by atoms with van der Waals surface area (Å²) in [7, 11) is 7.18. The van der Waals surface area contributed by atoms with E-state index in [4.69, 9.17) is 21.7 Å². The number of anilines is 1. The third-order valence-electron chi connectivity index (χ3n) is 4.92. The fraction of sp³-hybridized carbons (Fsp3) is 0.304. The minimum absolute atomic E-state index is 0.155. The van der Waals surface area contributed by atoms with Gasteiger partial charge in [0, 0.05) is 35.8 Å². The number of methoxy groups -OCH3 is 2. The van der Waals surface area contributed by atoms with Crippen LogP contribution in [0.2, 0.25) is 0 Å². The number of H-pyrrole nitrogens is 1. The van der Waals surface area contributed by atoms with Gasteiger partial charge in [-0.25, -0.2) is 0 Å². The number of benzene rings is 2. The maximum Gasteiger partial charge on any atom is 0.253 e. The topological polar surface area (TPSA) is 69.8 Å². The first kappa shape index (κ1) is 22.6. The molecule has 2 N–H and O–H groups in total. The Morgan fingerprint density at radius 1 is 1.03 bits per heavy atom. The molecule has 31 heavy (non-hydrogen) atoms. The molecule has 0 saturated heterocycles. The molecule has 0 atom stereocenters. The number of likely N-dealkylation sites (N-methyl/N-ethyl adjacent to an activating group) is 1. The molecule has 0 unspecified atom stereocenters. The van der Waals surface area contributed by atoms with Crippen LogP contribution in [0.1, 0.15) is 5.56 Å². The predicted octanol–water partition coefficient (Wildman–Crippen LogP) is 3.31. The zero-order valence-corrected chi connectivity index (χ0v) is 19.1. The van der Waals surface area contributed by atoms with Crippen molar-refractivity contribution >= 4 is 33.9 Å². The summed E-state index contributed by atoms with van der Waals surface area (Å²) in [6.45, 7) is 1.86. The van der Waals surface area contributed by atoms with Gasteiger partial charge in [-0.05, 0) is 50.6 Å². The maximum absolute atomic E-state index is 12.8. The Labute approximate surface area is 187 Å². The lowest BCUT2D eigenvalue weighted by molar-refractivity contribution is 0.327. The minimum Gasteiger partial charge on any atom is -0.493 e. The average Bonchev–Trinajstić information content (AvgIpc) is 2.76. The van der Waals surface area contributed by atoms with Crippen molar-refractivity contribution in [1.29, 1.82) is 0 Å². The molecule has 0 radical (unpaired) electrons. The highest BCUT2D eigenvalue weighted by Gasteiger charge is 2.15. The number of hydrogen-bond acceptors (Lipinski definition) is 5. The number of aromatic amines is 1. The number of ether oxygens (including phenoxy) is 2. The zero-order chi connectivity index (χ0) is 22.4. The van der Waals surface area contributed by atoms with E-state index in [-0.39, 0.29) is 5.56 Å². The molecule has 164 valence electrons. The molecule has 3 rings (SSSR count). The lowest BCUT2D eigenvalue weighted by atomic mass is 10.1. The van der Waals surface area contributed by atoms with Crippen molar-refractivity contribution in [1.82, 2.24) is 14.8 Å². The molecule has 0 aliphatic carbocycles. The molecule has 0 aliphatic rings. The fourth-order valence-electron chi connectivity index (χ4n) is 3.20. The largest absolute Gasteiger partial charge is 0.493 e. The van der Waals surface area contributed by atoms with E-state index in [9.17, 15) is 4.79 Å². The van der Waals surface area contributed by atoms with Crippen molar-refractivity contribution in [2.75, 3.05) is 46.7 Å². The van der Waals surface area contributed by atoms with Crippen LogP contribution in [0, 0.1) is 0 Å². The number of fused-ring (bicyclic) bond motifs is 1. The Morgan fingerprint density at radius 3 is 2.35 bits per heavy atom. The van der Waals surface area contributed by atoms with E-state index < -0.39 is 0 Å². The Hall–Kier alpha value is -3.10. The summed E-state index contributed by atoms with van der Waals surface area (Å²) in [6.07, 6.45) is 0. The average molecular weight is 441 g/mol. The minimum atomic E-state index is -0.155. The molecule has 0 fully saturated rings. The Kier molecular flexibility index (Phi) is 7.49. The fourth-order valence-corrected chi connectivity index (χ4v) is 3.47. The summed E-state index contributed by atoms with van der Waals surface area (Å²) >= 11 is 5.67. The third-order valence-corrected chi connectivity index (χ3v) is 5.28. The molecule has 0 bridgehead atoms. The van der Waals surface area contributed by atoms with Gasteiger partial charge in [-0.3, -0.25) is 4.79 Å². The number of nitrogens with one attached hydrogen (secondary N) is 2. The summed E-state index contributed by atoms with van der Waals surface area (Å²) in [4.78, 5) is 19.8. The Morgan fingerprint density at radius 2 is 1.71 bits per heavy atom. The number of thiocarbonyl (C=S) groups is 1. The lowest BCUT2D eigenvalue weighted by Crippen LogP contribution is -2.40. The summed E-state index contributed by atoms with van der Waals surface area (Å²) in [5.74, 6) is 1.18. The van der Waals surface area contributed by atoms with E-state index in [1.165, 1.54) is 0 Å². The molecule has 7 nitrogen and oxygen atoms in total. The normalized spacial score (nSPS) is 10.9. The quantitative estimate of drug-likeness (QED) is 0.521. The van der Waals surface area contributed by atoms with Crippen LogP contribution in [0.4, 0.5) is 5.69 Å². The van der Waals surface area contributed by atoms with Gasteiger partial charge in [0.25, 0.3) is 5.56 Å². The molecule has 0 aliphatic heterocycles. The SMILES string of the molecule is COc1cc2cc(CN(CCN(C)C)C(=S)Nc3ccccc3)c(=O)[nH]c2cc1OC. The summed E-state index contributed by atoms with van der Waals surface area (Å²) < 4.78 is 10.7. The van der Waals surface area contributed by atoms with Crippen molar-refractivity contribution in [2.45, 2.75) is 6.54 Å².